The number of halogens is 3. The van der Waals surface area contributed by atoms with Crippen molar-refractivity contribution in [3.05, 3.63) is 11.6 Å². The molecular formula is C10H15Br2ClO. The predicted molar refractivity (Wildman–Crippen MR) is 68.6 cm³/mol. The van der Waals surface area contributed by atoms with Gasteiger partial charge in [-0.05, 0) is 33.3 Å². The second-order valence-electron chi connectivity index (χ2n) is 4.35. The Bertz CT molecular complexity index is 242. The van der Waals surface area contributed by atoms with E-state index in [1.165, 1.54) is 5.54 Å². The standard InChI is InChI=1S/C10H15Br2ClO/c1-9(2)7(11)6-8(12)10(3,14-9)4-5-13/h4-5,7-8H,6H2,1-3H3/b5-4+/t7-,8+,10-/m1/s1. The van der Waals surface area contributed by atoms with Gasteiger partial charge in [0.05, 0.1) is 11.2 Å². The summed E-state index contributed by atoms with van der Waals surface area (Å²) >= 11 is 12.9. The maximum Gasteiger partial charge on any atom is 0.0978 e. The van der Waals surface area contributed by atoms with Gasteiger partial charge in [0.1, 0.15) is 0 Å². The van der Waals surface area contributed by atoms with E-state index in [1.54, 1.807) is 0 Å². The van der Waals surface area contributed by atoms with E-state index in [1.807, 2.05) is 13.0 Å². The Labute approximate surface area is 107 Å². The Morgan fingerprint density at radius 1 is 1.29 bits per heavy atom. The lowest BCUT2D eigenvalue weighted by Crippen LogP contribution is -2.54. The molecule has 0 radical (unpaired) electrons. The van der Waals surface area contributed by atoms with E-state index < -0.39 is 0 Å². The molecule has 1 aliphatic heterocycles. The summed E-state index contributed by atoms with van der Waals surface area (Å²) < 4.78 is 6.06. The highest BCUT2D eigenvalue weighted by atomic mass is 79.9. The molecular weight excluding hydrogens is 331 g/mol. The molecule has 1 rings (SSSR count). The van der Waals surface area contributed by atoms with Crippen molar-refractivity contribution < 1.29 is 4.74 Å². The van der Waals surface area contributed by atoms with Crippen molar-refractivity contribution >= 4 is 43.5 Å². The lowest BCUT2D eigenvalue weighted by atomic mass is 9.88. The molecule has 0 N–H and O–H groups in total. The van der Waals surface area contributed by atoms with Crippen LogP contribution in [0.25, 0.3) is 0 Å². The van der Waals surface area contributed by atoms with Crippen molar-refractivity contribution in [2.75, 3.05) is 0 Å². The van der Waals surface area contributed by atoms with Gasteiger partial charge >= 0.3 is 0 Å². The minimum Gasteiger partial charge on any atom is -0.363 e. The number of hydrogen-bond acceptors (Lipinski definition) is 1. The minimum absolute atomic E-state index is 0.171. The molecule has 4 heteroatoms. The Balaban J connectivity index is 2.89. The highest BCUT2D eigenvalue weighted by Crippen LogP contribution is 2.43. The Kier molecular flexibility index (Phi) is 4.13. The first kappa shape index (κ1) is 13.0. The number of hydrogen-bond donors (Lipinski definition) is 0. The van der Waals surface area contributed by atoms with Gasteiger partial charge < -0.3 is 4.74 Å². The van der Waals surface area contributed by atoms with Gasteiger partial charge in [-0.15, -0.1) is 0 Å². The summed E-state index contributed by atoms with van der Waals surface area (Å²) in [5.74, 6) is 0. The van der Waals surface area contributed by atoms with Crippen molar-refractivity contribution in [2.24, 2.45) is 0 Å². The topological polar surface area (TPSA) is 9.23 Å². The summed E-state index contributed by atoms with van der Waals surface area (Å²) in [5, 5.41) is 0. The molecule has 1 saturated heterocycles. The van der Waals surface area contributed by atoms with Gasteiger partial charge in [-0.25, -0.2) is 0 Å². The molecule has 0 amide bonds. The predicted octanol–water partition coefficient (Wildman–Crippen LogP) is 4.22. The van der Waals surface area contributed by atoms with Crippen LogP contribution >= 0.6 is 43.5 Å². The van der Waals surface area contributed by atoms with Crippen LogP contribution in [0.3, 0.4) is 0 Å². The van der Waals surface area contributed by atoms with Crippen LogP contribution in [0.2, 0.25) is 0 Å². The highest BCUT2D eigenvalue weighted by Gasteiger charge is 2.46. The van der Waals surface area contributed by atoms with Gasteiger partial charge in [0, 0.05) is 15.2 Å². The van der Waals surface area contributed by atoms with Crippen LogP contribution in [-0.4, -0.2) is 20.9 Å². The summed E-state index contributed by atoms with van der Waals surface area (Å²) in [6, 6.07) is 0. The van der Waals surface area contributed by atoms with Gasteiger partial charge in [0.2, 0.25) is 0 Å². The average Bonchev–Trinajstić information content (AvgIpc) is 2.01. The summed E-state index contributed by atoms with van der Waals surface area (Å²) in [6.45, 7) is 6.23. The van der Waals surface area contributed by atoms with Gasteiger partial charge in [-0.1, -0.05) is 43.5 Å². The van der Waals surface area contributed by atoms with E-state index in [2.05, 4.69) is 45.7 Å². The molecule has 0 aromatic heterocycles. The first-order valence-corrected chi connectivity index (χ1v) is 6.85. The maximum atomic E-state index is 6.06. The average molecular weight is 346 g/mol. The first-order valence-electron chi connectivity index (χ1n) is 4.58. The maximum absolute atomic E-state index is 6.06. The third-order valence-electron chi connectivity index (χ3n) is 2.67. The van der Waals surface area contributed by atoms with Crippen LogP contribution in [0.1, 0.15) is 27.2 Å². The number of rotatable bonds is 1. The van der Waals surface area contributed by atoms with Crippen LogP contribution in [-0.2, 0) is 4.74 Å². The molecule has 0 saturated carbocycles. The zero-order chi connectivity index (χ0) is 11.0. The molecule has 82 valence electrons. The van der Waals surface area contributed by atoms with E-state index in [9.17, 15) is 0 Å². The zero-order valence-corrected chi connectivity index (χ0v) is 12.5. The molecule has 1 nitrogen and oxygen atoms in total. The summed E-state index contributed by atoms with van der Waals surface area (Å²) in [7, 11) is 0. The number of ether oxygens (including phenoxy) is 1. The molecule has 0 aromatic carbocycles. The van der Waals surface area contributed by atoms with E-state index in [4.69, 9.17) is 16.3 Å². The molecule has 0 aliphatic carbocycles. The minimum atomic E-state index is -0.324. The monoisotopic (exact) mass is 344 g/mol. The summed E-state index contributed by atoms with van der Waals surface area (Å²) in [4.78, 5) is 0.638. The Morgan fingerprint density at radius 2 is 1.86 bits per heavy atom. The quantitative estimate of drug-likeness (QED) is 0.646. The third-order valence-corrected chi connectivity index (χ3v) is 5.55. The van der Waals surface area contributed by atoms with Crippen molar-refractivity contribution in [3.63, 3.8) is 0 Å². The second kappa shape index (κ2) is 4.44. The molecule has 0 spiro atoms. The van der Waals surface area contributed by atoms with E-state index in [0.717, 1.165) is 6.42 Å². The van der Waals surface area contributed by atoms with Crippen molar-refractivity contribution in [3.8, 4) is 0 Å². The van der Waals surface area contributed by atoms with Gasteiger partial charge in [0.15, 0.2) is 0 Å². The third kappa shape index (κ3) is 2.55. The molecule has 1 fully saturated rings. The second-order valence-corrected chi connectivity index (χ2v) is 6.82. The molecule has 0 aromatic rings. The van der Waals surface area contributed by atoms with E-state index >= 15 is 0 Å². The highest BCUT2D eigenvalue weighted by molar-refractivity contribution is 9.10. The fourth-order valence-electron chi connectivity index (χ4n) is 1.66. The largest absolute Gasteiger partial charge is 0.363 e. The summed E-state index contributed by atoms with van der Waals surface area (Å²) in [6.07, 6.45) is 2.92. The van der Waals surface area contributed by atoms with Gasteiger partial charge in [-0.3, -0.25) is 0 Å². The van der Waals surface area contributed by atoms with E-state index in [-0.39, 0.29) is 16.0 Å². The molecule has 1 aliphatic rings. The molecule has 3 atom stereocenters. The fraction of sp³-hybridized carbons (Fsp3) is 0.800. The normalized spacial score (nSPS) is 43.0. The first-order chi connectivity index (χ1) is 6.32. The SMILES string of the molecule is CC1(C)O[C@](C)(/C=C/Cl)[C@@H](Br)C[C@H]1Br. The zero-order valence-electron chi connectivity index (χ0n) is 8.56. The van der Waals surface area contributed by atoms with Crippen LogP contribution in [0, 0.1) is 0 Å². The smallest absolute Gasteiger partial charge is 0.0978 e. The van der Waals surface area contributed by atoms with E-state index in [0.29, 0.717) is 4.83 Å². The van der Waals surface area contributed by atoms with Crippen LogP contribution in [0.5, 0.6) is 0 Å². The van der Waals surface area contributed by atoms with Crippen molar-refractivity contribution in [2.45, 2.75) is 48.0 Å². The van der Waals surface area contributed by atoms with Crippen molar-refractivity contribution in [1.82, 2.24) is 0 Å². The van der Waals surface area contributed by atoms with Gasteiger partial charge in [-0.2, -0.15) is 0 Å². The van der Waals surface area contributed by atoms with Crippen LogP contribution in [0.4, 0.5) is 0 Å². The van der Waals surface area contributed by atoms with Crippen LogP contribution in [0.15, 0.2) is 11.6 Å². The molecule has 1 heterocycles. The Morgan fingerprint density at radius 3 is 2.36 bits per heavy atom. The molecule has 14 heavy (non-hydrogen) atoms. The van der Waals surface area contributed by atoms with Crippen LogP contribution < -0.4 is 0 Å². The Hall–Kier alpha value is 0.950. The lowest BCUT2D eigenvalue weighted by Gasteiger charge is -2.48. The number of alkyl halides is 2. The van der Waals surface area contributed by atoms with Gasteiger partial charge in [0.25, 0.3) is 0 Å². The summed E-state index contributed by atoms with van der Waals surface area (Å²) in [5.41, 5.74) is 1.03. The molecule has 0 bridgehead atoms. The van der Waals surface area contributed by atoms with Crippen molar-refractivity contribution in [1.29, 1.82) is 0 Å². The fourth-order valence-corrected chi connectivity index (χ4v) is 3.50. The lowest BCUT2D eigenvalue weighted by molar-refractivity contribution is -0.129. The molecule has 0 unspecified atom stereocenters.